The van der Waals surface area contributed by atoms with Crippen LogP contribution in [0.25, 0.3) is 0 Å². The summed E-state index contributed by atoms with van der Waals surface area (Å²) in [6.45, 7) is 5.80. The van der Waals surface area contributed by atoms with Crippen molar-refractivity contribution >= 4 is 11.9 Å². The predicted octanol–water partition coefficient (Wildman–Crippen LogP) is 0.741. The summed E-state index contributed by atoms with van der Waals surface area (Å²) in [5.41, 5.74) is 1.13. The van der Waals surface area contributed by atoms with Crippen LogP contribution in [-0.2, 0) is 11.2 Å². The lowest BCUT2D eigenvalue weighted by Crippen LogP contribution is -2.50. The van der Waals surface area contributed by atoms with Gasteiger partial charge in [-0.2, -0.15) is 0 Å². The average Bonchev–Trinajstić information content (AvgIpc) is 2.63. The Morgan fingerprint density at radius 3 is 2.60 bits per heavy atom. The van der Waals surface area contributed by atoms with Gasteiger partial charge in [-0.1, -0.05) is 6.07 Å². The maximum Gasteiger partial charge on any atom is 0.234 e. The summed E-state index contributed by atoms with van der Waals surface area (Å²) in [6.07, 6.45) is 7.90. The molecule has 1 saturated heterocycles. The third kappa shape index (κ3) is 5.22. The van der Waals surface area contributed by atoms with Gasteiger partial charge >= 0.3 is 0 Å². The number of hydrogen-bond acceptors (Lipinski definition) is 6. The fourth-order valence-electron chi connectivity index (χ4n) is 3.01. The van der Waals surface area contributed by atoms with Gasteiger partial charge in [0.2, 0.25) is 11.9 Å². The van der Waals surface area contributed by atoms with Crippen molar-refractivity contribution in [3.63, 3.8) is 0 Å². The minimum absolute atomic E-state index is 0.0702. The van der Waals surface area contributed by atoms with E-state index < -0.39 is 0 Å². The topological polar surface area (TPSA) is 74.2 Å². The number of rotatable bonds is 6. The number of piperazine rings is 1. The number of anilines is 1. The third-order valence-corrected chi connectivity index (χ3v) is 4.25. The molecule has 1 N–H and O–H groups in total. The molecule has 132 valence electrons. The molecule has 1 aliphatic rings. The molecule has 0 spiro atoms. The lowest BCUT2D eigenvalue weighted by Gasteiger charge is -2.34. The molecule has 0 saturated carbocycles. The standard InChI is InChI=1S/C18H24N6O/c1-15(12-16-4-2-5-19-13-16)22-17(25)14-23-8-10-24(11-9-23)18-20-6-3-7-21-18/h2-7,13,15H,8-12,14H2,1H3,(H,22,25)/t15-/m0/s1. The maximum absolute atomic E-state index is 12.3. The largest absolute Gasteiger partial charge is 0.352 e. The molecule has 0 aromatic carbocycles. The van der Waals surface area contributed by atoms with E-state index in [2.05, 4.69) is 30.1 Å². The Hall–Kier alpha value is -2.54. The SMILES string of the molecule is C[C@@H](Cc1cccnc1)NC(=O)CN1CCN(c2ncccn2)CC1. The van der Waals surface area contributed by atoms with Gasteiger partial charge in [-0.15, -0.1) is 0 Å². The van der Waals surface area contributed by atoms with Gasteiger partial charge in [-0.05, 0) is 31.0 Å². The smallest absolute Gasteiger partial charge is 0.234 e. The minimum Gasteiger partial charge on any atom is -0.352 e. The second-order valence-corrected chi connectivity index (χ2v) is 6.35. The minimum atomic E-state index is 0.0702. The van der Waals surface area contributed by atoms with E-state index >= 15 is 0 Å². The van der Waals surface area contributed by atoms with Gasteiger partial charge in [0.25, 0.3) is 0 Å². The van der Waals surface area contributed by atoms with Crippen molar-refractivity contribution in [2.45, 2.75) is 19.4 Å². The monoisotopic (exact) mass is 340 g/mol. The highest BCUT2D eigenvalue weighted by molar-refractivity contribution is 5.78. The van der Waals surface area contributed by atoms with E-state index in [4.69, 9.17) is 0 Å². The Bertz CT molecular complexity index is 658. The molecule has 2 aromatic heterocycles. The Morgan fingerprint density at radius 2 is 1.92 bits per heavy atom. The van der Waals surface area contributed by atoms with E-state index in [9.17, 15) is 4.79 Å². The molecular formula is C18H24N6O. The van der Waals surface area contributed by atoms with E-state index in [-0.39, 0.29) is 11.9 Å². The van der Waals surface area contributed by atoms with Crippen LogP contribution >= 0.6 is 0 Å². The summed E-state index contributed by atoms with van der Waals surface area (Å²) in [6, 6.07) is 5.85. The van der Waals surface area contributed by atoms with Crippen molar-refractivity contribution in [2.75, 3.05) is 37.6 Å². The molecule has 0 aliphatic carbocycles. The second kappa shape index (κ2) is 8.53. The molecule has 2 aromatic rings. The van der Waals surface area contributed by atoms with Crippen LogP contribution in [0.3, 0.4) is 0 Å². The summed E-state index contributed by atoms with van der Waals surface area (Å²) in [4.78, 5) is 29.2. The number of aromatic nitrogens is 3. The van der Waals surface area contributed by atoms with E-state index in [1.54, 1.807) is 18.6 Å². The van der Waals surface area contributed by atoms with Gasteiger partial charge < -0.3 is 10.2 Å². The van der Waals surface area contributed by atoms with Crippen LogP contribution in [0.1, 0.15) is 12.5 Å². The van der Waals surface area contributed by atoms with Crippen LogP contribution in [-0.4, -0.2) is 64.5 Å². The van der Waals surface area contributed by atoms with Crippen molar-refractivity contribution in [3.05, 3.63) is 48.5 Å². The van der Waals surface area contributed by atoms with E-state index in [1.165, 1.54) is 0 Å². The number of carbonyl (C=O) groups is 1. The summed E-state index contributed by atoms with van der Waals surface area (Å²) >= 11 is 0. The highest BCUT2D eigenvalue weighted by Crippen LogP contribution is 2.09. The molecule has 3 heterocycles. The molecule has 7 nitrogen and oxygen atoms in total. The molecular weight excluding hydrogens is 316 g/mol. The summed E-state index contributed by atoms with van der Waals surface area (Å²) in [5, 5.41) is 3.07. The average molecular weight is 340 g/mol. The normalized spacial score (nSPS) is 16.4. The van der Waals surface area contributed by atoms with Gasteiger partial charge in [0.05, 0.1) is 6.54 Å². The van der Waals surface area contributed by atoms with Gasteiger partial charge in [0, 0.05) is 57.0 Å². The van der Waals surface area contributed by atoms with Crippen molar-refractivity contribution < 1.29 is 4.79 Å². The van der Waals surface area contributed by atoms with Gasteiger partial charge in [0.1, 0.15) is 0 Å². The first-order valence-corrected chi connectivity index (χ1v) is 8.63. The van der Waals surface area contributed by atoms with Gasteiger partial charge in [0.15, 0.2) is 0 Å². The first-order valence-electron chi connectivity index (χ1n) is 8.63. The van der Waals surface area contributed by atoms with E-state index in [0.29, 0.717) is 6.54 Å². The van der Waals surface area contributed by atoms with Crippen LogP contribution in [0.2, 0.25) is 0 Å². The Labute approximate surface area is 148 Å². The summed E-state index contributed by atoms with van der Waals surface area (Å²) in [7, 11) is 0. The van der Waals surface area contributed by atoms with Crippen molar-refractivity contribution in [2.24, 2.45) is 0 Å². The number of carbonyl (C=O) groups excluding carboxylic acids is 1. The van der Waals surface area contributed by atoms with Crippen molar-refractivity contribution in [3.8, 4) is 0 Å². The zero-order valence-electron chi connectivity index (χ0n) is 14.5. The quantitative estimate of drug-likeness (QED) is 0.836. The molecule has 1 amide bonds. The Morgan fingerprint density at radius 1 is 1.16 bits per heavy atom. The molecule has 25 heavy (non-hydrogen) atoms. The van der Waals surface area contributed by atoms with Gasteiger partial charge in [-0.3, -0.25) is 14.7 Å². The molecule has 3 rings (SSSR count). The summed E-state index contributed by atoms with van der Waals surface area (Å²) < 4.78 is 0. The molecule has 1 atom stereocenters. The first kappa shape index (κ1) is 17.3. The Balaban J connectivity index is 1.40. The predicted molar refractivity (Wildman–Crippen MR) is 96.2 cm³/mol. The van der Waals surface area contributed by atoms with E-state index in [1.807, 2.05) is 31.3 Å². The Kier molecular flexibility index (Phi) is 5.90. The van der Waals surface area contributed by atoms with Crippen molar-refractivity contribution in [1.82, 2.24) is 25.2 Å². The summed E-state index contributed by atoms with van der Waals surface area (Å²) in [5.74, 6) is 0.831. The van der Waals surface area contributed by atoms with Crippen LogP contribution in [0.4, 0.5) is 5.95 Å². The third-order valence-electron chi connectivity index (χ3n) is 4.25. The highest BCUT2D eigenvalue weighted by atomic mass is 16.2. The number of nitrogens with zero attached hydrogens (tertiary/aromatic N) is 5. The lowest BCUT2D eigenvalue weighted by molar-refractivity contribution is -0.122. The highest BCUT2D eigenvalue weighted by Gasteiger charge is 2.20. The fraction of sp³-hybridized carbons (Fsp3) is 0.444. The molecule has 0 radical (unpaired) electrons. The molecule has 1 aliphatic heterocycles. The van der Waals surface area contributed by atoms with Crippen LogP contribution in [0.5, 0.6) is 0 Å². The number of hydrogen-bond donors (Lipinski definition) is 1. The fourth-order valence-corrected chi connectivity index (χ4v) is 3.01. The van der Waals surface area contributed by atoms with Crippen LogP contribution in [0.15, 0.2) is 43.0 Å². The first-order chi connectivity index (χ1) is 12.2. The maximum atomic E-state index is 12.3. The lowest BCUT2D eigenvalue weighted by atomic mass is 10.1. The molecule has 1 fully saturated rings. The molecule has 7 heteroatoms. The number of nitrogens with one attached hydrogen (secondary N) is 1. The second-order valence-electron chi connectivity index (χ2n) is 6.35. The molecule has 0 unspecified atom stereocenters. The van der Waals surface area contributed by atoms with E-state index in [0.717, 1.165) is 44.1 Å². The van der Waals surface area contributed by atoms with Crippen molar-refractivity contribution in [1.29, 1.82) is 0 Å². The zero-order valence-corrected chi connectivity index (χ0v) is 14.5. The zero-order chi connectivity index (χ0) is 17.5. The van der Waals surface area contributed by atoms with Crippen LogP contribution < -0.4 is 10.2 Å². The van der Waals surface area contributed by atoms with Crippen LogP contribution in [0, 0.1) is 0 Å². The number of amides is 1. The molecule has 0 bridgehead atoms. The number of pyridine rings is 1. The van der Waals surface area contributed by atoms with Gasteiger partial charge in [-0.25, -0.2) is 9.97 Å².